The Balaban J connectivity index is 1.21. The van der Waals surface area contributed by atoms with Crippen molar-refractivity contribution in [3.63, 3.8) is 0 Å². The SMILES string of the molecule is Clc1c(-n2c(-c3ccccc3)nc3cc4c(cc32)oc2ccccc24)cccc1-n1c(-c2ccccc2)nc2cc3oc4ccccc4c3cc21. The lowest BCUT2D eigenvalue weighted by Crippen LogP contribution is -2.04. The zero-order valence-corrected chi connectivity index (χ0v) is 27.7. The molecule has 11 rings (SSSR count). The molecule has 7 heteroatoms. The summed E-state index contributed by atoms with van der Waals surface area (Å²) in [5, 5.41) is 4.72. The van der Waals surface area contributed by atoms with E-state index in [0.29, 0.717) is 5.02 Å². The average Bonchev–Trinajstić information content (AvgIpc) is 3.93. The van der Waals surface area contributed by atoms with E-state index < -0.39 is 0 Å². The highest BCUT2D eigenvalue weighted by Crippen LogP contribution is 2.41. The van der Waals surface area contributed by atoms with Crippen LogP contribution in [0.1, 0.15) is 0 Å². The fourth-order valence-electron chi connectivity index (χ4n) is 7.49. The number of hydrogen-bond donors (Lipinski definition) is 0. The van der Waals surface area contributed by atoms with Crippen LogP contribution in [0.15, 0.2) is 160 Å². The molecule has 0 spiro atoms. The zero-order valence-electron chi connectivity index (χ0n) is 26.9. The lowest BCUT2D eigenvalue weighted by atomic mass is 10.1. The quantitative estimate of drug-likeness (QED) is 0.186. The van der Waals surface area contributed by atoms with Crippen LogP contribution >= 0.6 is 11.6 Å². The molecule has 240 valence electrons. The Bertz CT molecular complexity index is 3150. The smallest absolute Gasteiger partial charge is 0.145 e. The van der Waals surface area contributed by atoms with E-state index >= 15 is 0 Å². The van der Waals surface area contributed by atoms with E-state index in [-0.39, 0.29) is 0 Å². The van der Waals surface area contributed by atoms with Crippen molar-refractivity contribution >= 4 is 77.5 Å². The maximum Gasteiger partial charge on any atom is 0.145 e. The first kappa shape index (κ1) is 28.2. The van der Waals surface area contributed by atoms with E-state index in [4.69, 9.17) is 30.4 Å². The number of aromatic nitrogens is 4. The molecule has 0 unspecified atom stereocenters. The van der Waals surface area contributed by atoms with Gasteiger partial charge in [0.2, 0.25) is 0 Å². The third-order valence-electron chi connectivity index (χ3n) is 9.81. The predicted octanol–water partition coefficient (Wildman–Crippen LogP) is 12.2. The Labute approximate surface area is 295 Å². The summed E-state index contributed by atoms with van der Waals surface area (Å²) in [6.07, 6.45) is 0. The maximum absolute atomic E-state index is 7.65. The summed E-state index contributed by atoms with van der Waals surface area (Å²) in [7, 11) is 0. The van der Waals surface area contributed by atoms with Crippen LogP contribution in [0, 0.1) is 0 Å². The molecule has 0 aliphatic heterocycles. The van der Waals surface area contributed by atoms with E-state index in [2.05, 4.69) is 69.8 Å². The van der Waals surface area contributed by atoms with E-state index in [1.807, 2.05) is 91.0 Å². The first-order chi connectivity index (χ1) is 25.2. The number of halogens is 1. The average molecular weight is 677 g/mol. The summed E-state index contributed by atoms with van der Waals surface area (Å²) in [6.45, 7) is 0. The number of fused-ring (bicyclic) bond motifs is 8. The van der Waals surface area contributed by atoms with Gasteiger partial charge < -0.3 is 8.83 Å². The van der Waals surface area contributed by atoms with Gasteiger partial charge in [-0.15, -0.1) is 0 Å². The Kier molecular flexibility index (Phi) is 5.91. The first-order valence-corrected chi connectivity index (χ1v) is 17.1. The molecule has 4 aromatic heterocycles. The number of rotatable bonds is 4. The third kappa shape index (κ3) is 4.17. The van der Waals surface area contributed by atoms with Crippen molar-refractivity contribution in [3.8, 4) is 34.2 Å². The van der Waals surface area contributed by atoms with Crippen molar-refractivity contribution in [3.05, 3.63) is 157 Å². The van der Waals surface area contributed by atoms with Gasteiger partial charge in [0, 0.05) is 44.8 Å². The second-order valence-electron chi connectivity index (χ2n) is 12.8. The number of imidazole rings is 2. The van der Waals surface area contributed by atoms with Gasteiger partial charge in [-0.25, -0.2) is 9.97 Å². The summed E-state index contributed by atoms with van der Waals surface area (Å²) in [5.41, 5.74) is 10.3. The topological polar surface area (TPSA) is 61.9 Å². The minimum Gasteiger partial charge on any atom is -0.456 e. The van der Waals surface area contributed by atoms with Gasteiger partial charge in [0.15, 0.2) is 0 Å². The van der Waals surface area contributed by atoms with Crippen LogP contribution in [0.5, 0.6) is 0 Å². The monoisotopic (exact) mass is 676 g/mol. The van der Waals surface area contributed by atoms with Crippen LogP contribution < -0.4 is 0 Å². The lowest BCUT2D eigenvalue weighted by Gasteiger charge is -2.17. The fourth-order valence-corrected chi connectivity index (χ4v) is 7.79. The van der Waals surface area contributed by atoms with Crippen molar-refractivity contribution < 1.29 is 8.83 Å². The van der Waals surface area contributed by atoms with Crippen LogP contribution in [-0.4, -0.2) is 19.1 Å². The summed E-state index contributed by atoms with van der Waals surface area (Å²) in [6, 6.07) is 51.2. The largest absolute Gasteiger partial charge is 0.456 e. The van der Waals surface area contributed by atoms with Gasteiger partial charge >= 0.3 is 0 Å². The lowest BCUT2D eigenvalue weighted by molar-refractivity contribution is 0.669. The van der Waals surface area contributed by atoms with Gasteiger partial charge in [-0.2, -0.15) is 0 Å². The van der Waals surface area contributed by atoms with Crippen LogP contribution in [0.2, 0.25) is 5.02 Å². The van der Waals surface area contributed by atoms with Crippen molar-refractivity contribution in [1.29, 1.82) is 0 Å². The minimum absolute atomic E-state index is 0.562. The van der Waals surface area contributed by atoms with E-state index in [9.17, 15) is 0 Å². The summed E-state index contributed by atoms with van der Waals surface area (Å²) in [4.78, 5) is 10.4. The molecule has 0 bridgehead atoms. The minimum atomic E-state index is 0.562. The molecule has 0 amide bonds. The second-order valence-corrected chi connectivity index (χ2v) is 13.1. The second kappa shape index (κ2) is 10.7. The van der Waals surface area contributed by atoms with Crippen LogP contribution in [0.3, 0.4) is 0 Å². The highest BCUT2D eigenvalue weighted by Gasteiger charge is 2.24. The summed E-state index contributed by atoms with van der Waals surface area (Å²) >= 11 is 7.65. The molecule has 0 N–H and O–H groups in total. The number of nitrogens with zero attached hydrogens (tertiary/aromatic N) is 4. The third-order valence-corrected chi connectivity index (χ3v) is 10.2. The number of furan rings is 2. The Morgan fingerprint density at radius 3 is 1.47 bits per heavy atom. The maximum atomic E-state index is 7.65. The normalized spacial score (nSPS) is 12.0. The molecular formula is C44H25ClN4O2. The molecule has 6 nitrogen and oxygen atoms in total. The van der Waals surface area contributed by atoms with Crippen LogP contribution in [0.25, 0.3) is 100 Å². The predicted molar refractivity (Wildman–Crippen MR) is 206 cm³/mol. The molecule has 7 aromatic carbocycles. The van der Waals surface area contributed by atoms with E-state index in [0.717, 1.165) is 100 Å². The van der Waals surface area contributed by atoms with Crippen molar-refractivity contribution in [1.82, 2.24) is 19.1 Å². The van der Waals surface area contributed by atoms with E-state index in [1.54, 1.807) is 0 Å². The molecule has 11 aromatic rings. The molecule has 0 radical (unpaired) electrons. The summed E-state index contributed by atoms with van der Waals surface area (Å²) in [5.74, 6) is 1.57. The Morgan fingerprint density at radius 1 is 0.412 bits per heavy atom. The first-order valence-electron chi connectivity index (χ1n) is 16.8. The standard InChI is InChI=1S/C44H25ClN4O2/c45-42-34(48-36-23-31-29-17-8-10-21-39(29)50-40(31)24-33(36)47-44(48)27-14-5-2-6-15-27)18-11-19-35(42)49-37-25-41-30(28-16-7-9-20-38(28)51-41)22-32(37)46-43(49)26-12-3-1-4-13-26/h1-25H. The number of benzene rings is 7. The van der Waals surface area contributed by atoms with Gasteiger partial charge in [-0.1, -0.05) is 115 Å². The molecule has 0 aliphatic rings. The van der Waals surface area contributed by atoms with Gasteiger partial charge in [0.05, 0.1) is 38.5 Å². The highest BCUT2D eigenvalue weighted by atomic mass is 35.5. The van der Waals surface area contributed by atoms with Gasteiger partial charge in [0.25, 0.3) is 0 Å². The molecular weight excluding hydrogens is 652 g/mol. The number of hydrogen-bond acceptors (Lipinski definition) is 4. The Morgan fingerprint density at radius 2 is 0.882 bits per heavy atom. The van der Waals surface area contributed by atoms with Gasteiger partial charge in [0.1, 0.15) is 34.0 Å². The van der Waals surface area contributed by atoms with E-state index in [1.165, 1.54) is 0 Å². The molecule has 0 aliphatic carbocycles. The van der Waals surface area contributed by atoms with Crippen molar-refractivity contribution in [2.45, 2.75) is 0 Å². The molecule has 0 saturated carbocycles. The van der Waals surface area contributed by atoms with Crippen molar-refractivity contribution in [2.24, 2.45) is 0 Å². The molecule has 0 fully saturated rings. The van der Waals surface area contributed by atoms with Crippen molar-refractivity contribution in [2.75, 3.05) is 0 Å². The Hall–Kier alpha value is -6.63. The molecule has 0 saturated heterocycles. The van der Waals surface area contributed by atoms with Gasteiger partial charge in [-0.3, -0.25) is 9.13 Å². The number of para-hydroxylation sites is 2. The van der Waals surface area contributed by atoms with Crippen LogP contribution in [0.4, 0.5) is 0 Å². The molecule has 51 heavy (non-hydrogen) atoms. The highest BCUT2D eigenvalue weighted by molar-refractivity contribution is 6.34. The summed E-state index contributed by atoms with van der Waals surface area (Å²) < 4.78 is 16.9. The molecule has 0 atom stereocenters. The van der Waals surface area contributed by atoms with Crippen LogP contribution in [-0.2, 0) is 0 Å². The molecule has 4 heterocycles. The van der Waals surface area contributed by atoms with Gasteiger partial charge in [-0.05, 0) is 36.4 Å². The zero-order chi connectivity index (χ0) is 33.6. The fraction of sp³-hybridized carbons (Fsp3) is 0.